The van der Waals surface area contributed by atoms with Gasteiger partial charge in [0.2, 0.25) is 16.0 Å². The molecule has 4 N–H and O–H groups in total. The molecule has 11 heteroatoms. The highest BCUT2D eigenvalue weighted by Gasteiger charge is 2.12. The predicted octanol–water partition coefficient (Wildman–Crippen LogP) is 3.79. The zero-order valence-electron chi connectivity index (χ0n) is 17.0. The minimum atomic E-state index is -3.72. The number of unbranched alkanes of at least 4 members (excludes halogenated alkanes) is 1. The minimum Gasteiger partial charge on any atom is -0.361 e. The maximum Gasteiger partial charge on any atom is 0.238 e. The Morgan fingerprint density at radius 3 is 2.63 bits per heavy atom. The van der Waals surface area contributed by atoms with E-state index in [0.29, 0.717) is 18.4 Å². The highest BCUT2D eigenvalue weighted by atomic mass is 32.2. The number of benzene rings is 1. The van der Waals surface area contributed by atoms with Crippen molar-refractivity contribution < 1.29 is 8.42 Å². The molecule has 0 aliphatic heterocycles. The molecule has 0 fully saturated rings. The van der Waals surface area contributed by atoms with Crippen molar-refractivity contribution in [2.75, 3.05) is 29.5 Å². The summed E-state index contributed by atoms with van der Waals surface area (Å²) in [5.41, 5.74) is 0.742. The number of aromatic nitrogens is 3. The van der Waals surface area contributed by atoms with Crippen LogP contribution in [0.2, 0.25) is 0 Å². The van der Waals surface area contributed by atoms with E-state index in [9.17, 15) is 8.42 Å². The Hall–Kier alpha value is -1.95. The van der Waals surface area contributed by atoms with Crippen molar-refractivity contribution in [1.82, 2.24) is 15.0 Å². The van der Waals surface area contributed by atoms with Crippen molar-refractivity contribution in [2.45, 2.75) is 36.5 Å². The van der Waals surface area contributed by atoms with Crippen LogP contribution >= 0.6 is 23.1 Å². The molecule has 162 valence electrons. The molecule has 8 nitrogen and oxygen atoms in total. The molecular weight excluding hydrogens is 440 g/mol. The first-order valence-electron chi connectivity index (χ1n) is 9.71. The summed E-state index contributed by atoms with van der Waals surface area (Å²) in [5.74, 6) is 2.01. The van der Waals surface area contributed by atoms with E-state index in [-0.39, 0.29) is 4.90 Å². The van der Waals surface area contributed by atoms with Gasteiger partial charge < -0.3 is 10.6 Å². The van der Waals surface area contributed by atoms with E-state index < -0.39 is 10.0 Å². The first kappa shape index (κ1) is 22.7. The number of hydrogen-bond donors (Lipinski definition) is 3. The number of nitrogens with two attached hydrogens (primary N) is 1. The zero-order valence-corrected chi connectivity index (χ0v) is 19.4. The number of nitrogens with zero attached hydrogens (tertiary/aromatic N) is 3. The number of sulfonamides is 1. The van der Waals surface area contributed by atoms with E-state index in [1.54, 1.807) is 23.9 Å². The maximum atomic E-state index is 11.5. The van der Waals surface area contributed by atoms with Crippen LogP contribution in [0.1, 0.15) is 26.7 Å². The van der Waals surface area contributed by atoms with E-state index in [4.69, 9.17) is 5.14 Å². The Bertz CT molecular complexity index is 1070. The summed E-state index contributed by atoms with van der Waals surface area (Å²) in [5, 5.41) is 12.5. The van der Waals surface area contributed by atoms with Gasteiger partial charge >= 0.3 is 0 Å². The van der Waals surface area contributed by atoms with Crippen LogP contribution in [0.3, 0.4) is 0 Å². The fraction of sp³-hybridized carbons (Fsp3) is 0.421. The first-order chi connectivity index (χ1) is 14.3. The molecule has 2 heterocycles. The Morgan fingerprint density at radius 1 is 1.20 bits per heavy atom. The standard InChI is InChI=1S/C19H26N6O2S3/c1-3-4-7-28-14-11-22-18(23-12-14)21-9-13(2)10-24-19-25-16-6-5-15(30(20,26)27)8-17(16)29-19/h5-6,8,11-13H,3-4,7,9-10H2,1-2H3,(H,24,25)(H2,20,26,27)(H,21,22,23)/t13-/m0/s1. The van der Waals surface area contributed by atoms with E-state index in [1.165, 1.54) is 30.2 Å². The van der Waals surface area contributed by atoms with Gasteiger partial charge in [-0.25, -0.2) is 28.5 Å². The number of nitrogens with one attached hydrogen (secondary N) is 2. The van der Waals surface area contributed by atoms with E-state index in [0.717, 1.165) is 32.5 Å². The molecule has 1 atom stereocenters. The first-order valence-corrected chi connectivity index (χ1v) is 13.1. The van der Waals surface area contributed by atoms with Gasteiger partial charge in [0, 0.05) is 30.4 Å². The van der Waals surface area contributed by atoms with Gasteiger partial charge in [-0.1, -0.05) is 31.6 Å². The normalized spacial score (nSPS) is 12.8. The van der Waals surface area contributed by atoms with Gasteiger partial charge in [-0.3, -0.25) is 0 Å². The molecule has 3 aromatic rings. The van der Waals surface area contributed by atoms with Crippen LogP contribution in [0.4, 0.5) is 11.1 Å². The number of primary sulfonamides is 1. The van der Waals surface area contributed by atoms with Crippen LogP contribution in [0.15, 0.2) is 40.4 Å². The third kappa shape index (κ3) is 6.53. The average Bonchev–Trinajstić information content (AvgIpc) is 3.13. The summed E-state index contributed by atoms with van der Waals surface area (Å²) in [6.07, 6.45) is 6.09. The minimum absolute atomic E-state index is 0.0950. The summed E-state index contributed by atoms with van der Waals surface area (Å²) < 4.78 is 23.8. The van der Waals surface area contributed by atoms with Gasteiger partial charge in [0.1, 0.15) is 0 Å². The lowest BCUT2D eigenvalue weighted by molar-refractivity contribution is 0.598. The third-order valence-electron chi connectivity index (χ3n) is 4.29. The monoisotopic (exact) mass is 466 g/mol. The highest BCUT2D eigenvalue weighted by molar-refractivity contribution is 7.99. The maximum absolute atomic E-state index is 11.5. The second-order valence-corrected chi connectivity index (χ2v) is 10.8. The Morgan fingerprint density at radius 2 is 1.93 bits per heavy atom. The molecule has 1 aromatic carbocycles. The van der Waals surface area contributed by atoms with Crippen molar-refractivity contribution in [3.05, 3.63) is 30.6 Å². The predicted molar refractivity (Wildman–Crippen MR) is 125 cm³/mol. The molecule has 0 bridgehead atoms. The average molecular weight is 467 g/mol. The van der Waals surface area contributed by atoms with Crippen molar-refractivity contribution in [1.29, 1.82) is 0 Å². The lowest BCUT2D eigenvalue weighted by Gasteiger charge is -2.13. The van der Waals surface area contributed by atoms with Gasteiger partial charge in [-0.05, 0) is 36.3 Å². The zero-order chi connectivity index (χ0) is 21.6. The SMILES string of the molecule is CCCCSc1cnc(NC[C@H](C)CNc2nc3ccc(S(N)(=O)=O)cc3s2)nc1. The molecule has 0 aliphatic carbocycles. The van der Waals surface area contributed by atoms with Crippen LogP contribution in [0.5, 0.6) is 0 Å². The summed E-state index contributed by atoms with van der Waals surface area (Å²) >= 11 is 3.18. The highest BCUT2D eigenvalue weighted by Crippen LogP contribution is 2.28. The number of hydrogen-bond acceptors (Lipinski definition) is 9. The van der Waals surface area contributed by atoms with Gasteiger partial charge in [-0.2, -0.15) is 0 Å². The van der Waals surface area contributed by atoms with Crippen molar-refractivity contribution in [3.8, 4) is 0 Å². The van der Waals surface area contributed by atoms with Gasteiger partial charge in [0.05, 0.1) is 15.1 Å². The lowest BCUT2D eigenvalue weighted by Crippen LogP contribution is -2.20. The fourth-order valence-electron chi connectivity index (χ4n) is 2.57. The fourth-order valence-corrected chi connectivity index (χ4v) is 5.02. The topological polar surface area (TPSA) is 123 Å². The molecule has 0 saturated carbocycles. The molecule has 3 rings (SSSR count). The van der Waals surface area contributed by atoms with E-state index >= 15 is 0 Å². The Balaban J connectivity index is 1.48. The molecule has 0 unspecified atom stereocenters. The van der Waals surface area contributed by atoms with Crippen LogP contribution in [0, 0.1) is 5.92 Å². The second-order valence-electron chi connectivity index (χ2n) is 7.00. The molecule has 0 aliphatic rings. The molecule has 2 aromatic heterocycles. The summed E-state index contributed by atoms with van der Waals surface area (Å²) in [4.78, 5) is 14.4. The van der Waals surface area contributed by atoms with Crippen molar-refractivity contribution in [2.24, 2.45) is 11.1 Å². The molecule has 0 amide bonds. The van der Waals surface area contributed by atoms with E-state index in [2.05, 4.69) is 39.4 Å². The van der Waals surface area contributed by atoms with E-state index in [1.807, 2.05) is 12.4 Å². The largest absolute Gasteiger partial charge is 0.361 e. The van der Waals surface area contributed by atoms with Gasteiger partial charge in [-0.15, -0.1) is 11.8 Å². The number of thiazole rings is 1. The number of thioether (sulfide) groups is 1. The summed E-state index contributed by atoms with van der Waals surface area (Å²) in [7, 11) is -3.72. The van der Waals surface area contributed by atoms with Crippen LogP contribution < -0.4 is 15.8 Å². The number of anilines is 2. The van der Waals surface area contributed by atoms with Gasteiger partial charge in [0.25, 0.3) is 0 Å². The quantitative estimate of drug-likeness (QED) is 0.288. The summed E-state index contributed by atoms with van der Waals surface area (Å²) in [6.45, 7) is 5.72. The smallest absolute Gasteiger partial charge is 0.238 e. The summed E-state index contributed by atoms with van der Waals surface area (Å²) in [6, 6.07) is 4.70. The lowest BCUT2D eigenvalue weighted by atomic mass is 10.2. The van der Waals surface area contributed by atoms with Crippen LogP contribution in [-0.4, -0.2) is 42.2 Å². The van der Waals surface area contributed by atoms with Crippen molar-refractivity contribution >= 4 is 54.4 Å². The molecule has 0 spiro atoms. The molecule has 30 heavy (non-hydrogen) atoms. The molecule has 0 saturated heterocycles. The van der Waals surface area contributed by atoms with Gasteiger partial charge in [0.15, 0.2) is 5.13 Å². The Labute approximate surface area is 185 Å². The molecular formula is C19H26N6O2S3. The van der Waals surface area contributed by atoms with Crippen LogP contribution in [0.25, 0.3) is 10.2 Å². The third-order valence-corrected chi connectivity index (χ3v) is 7.22. The Kier molecular flexibility index (Phi) is 7.87. The number of rotatable bonds is 11. The molecule has 0 radical (unpaired) electrons. The number of fused-ring (bicyclic) bond motifs is 1. The van der Waals surface area contributed by atoms with Crippen molar-refractivity contribution in [3.63, 3.8) is 0 Å². The second kappa shape index (κ2) is 10.4. The van der Waals surface area contributed by atoms with Crippen LogP contribution in [-0.2, 0) is 10.0 Å².